The third-order valence-electron chi connectivity index (χ3n) is 9.35. The highest BCUT2D eigenvalue weighted by Crippen LogP contribution is 2.51. The van der Waals surface area contributed by atoms with Crippen molar-refractivity contribution in [1.82, 2.24) is 14.5 Å². The zero-order valence-electron chi connectivity index (χ0n) is 19.6. The summed E-state index contributed by atoms with van der Waals surface area (Å²) < 4.78 is 1.79. The smallest absolute Gasteiger partial charge is 0.360 e. The molecule has 5 atom stereocenters. The van der Waals surface area contributed by atoms with E-state index in [-0.39, 0.29) is 17.3 Å². The minimum Gasteiger partial charge on any atom is -0.476 e. The van der Waals surface area contributed by atoms with Gasteiger partial charge in [-0.2, -0.15) is 0 Å². The predicted octanol–water partition coefficient (Wildman–Crippen LogP) is 5.01. The number of aromatic carboxylic acids is 1. The lowest BCUT2D eigenvalue weighted by Crippen LogP contribution is -2.64. The first kappa shape index (κ1) is 21.3. The van der Waals surface area contributed by atoms with E-state index in [4.69, 9.17) is 0 Å². The lowest BCUT2D eigenvalue weighted by molar-refractivity contribution is -0.0982. The van der Waals surface area contributed by atoms with Gasteiger partial charge in [0, 0.05) is 23.7 Å². The molecule has 0 spiro atoms. The lowest BCUT2D eigenvalue weighted by atomic mass is 9.66. The quantitative estimate of drug-likeness (QED) is 0.713. The molecule has 6 nitrogen and oxygen atoms in total. The van der Waals surface area contributed by atoms with E-state index in [2.05, 4.69) is 16.8 Å². The number of aromatic nitrogens is 2. The molecular formula is C27H35N3O3. The summed E-state index contributed by atoms with van der Waals surface area (Å²) in [6, 6.07) is 8.66. The number of carbonyl (C=O) groups is 1. The molecule has 1 aromatic carbocycles. The van der Waals surface area contributed by atoms with E-state index in [1.807, 2.05) is 24.3 Å². The number of hydrogen-bond acceptors (Lipinski definition) is 4. The summed E-state index contributed by atoms with van der Waals surface area (Å²) in [7, 11) is 0. The van der Waals surface area contributed by atoms with Crippen LogP contribution < -0.4 is 5.56 Å². The summed E-state index contributed by atoms with van der Waals surface area (Å²) >= 11 is 0. The van der Waals surface area contributed by atoms with Gasteiger partial charge in [0.15, 0.2) is 0 Å². The Kier molecular flexibility index (Phi) is 5.13. The van der Waals surface area contributed by atoms with Gasteiger partial charge < -0.3 is 9.67 Å². The van der Waals surface area contributed by atoms with Crippen LogP contribution in [0, 0.1) is 11.8 Å². The van der Waals surface area contributed by atoms with Gasteiger partial charge in [-0.1, -0.05) is 37.8 Å². The first-order chi connectivity index (χ1) is 15.9. The highest BCUT2D eigenvalue weighted by atomic mass is 16.4. The van der Waals surface area contributed by atoms with Crippen LogP contribution in [-0.2, 0) is 0 Å². The van der Waals surface area contributed by atoms with Crippen LogP contribution in [-0.4, -0.2) is 43.1 Å². The molecule has 4 fully saturated rings. The normalized spacial score (nSPS) is 36.6. The van der Waals surface area contributed by atoms with Crippen molar-refractivity contribution in [2.75, 3.05) is 0 Å². The molecule has 2 saturated heterocycles. The van der Waals surface area contributed by atoms with Crippen molar-refractivity contribution in [2.45, 2.75) is 101 Å². The second kappa shape index (κ2) is 7.93. The molecule has 0 radical (unpaired) electrons. The van der Waals surface area contributed by atoms with Gasteiger partial charge in [-0.05, 0) is 75.8 Å². The standard InChI is InChI=1S/C27H35N3O3/c1-27-11-5-8-19(30(27)20-13-17-6-4-7-18(12-17)14-20)15-21(16-27)29-23-10-3-2-9-22(23)28-24(25(29)31)26(32)33/h2-3,9-10,17-21H,4-8,11-16H2,1H3,(H,32,33)/t17?,18?,19-,20?,21+,27+/m1/s1. The van der Waals surface area contributed by atoms with Crippen LogP contribution in [0.5, 0.6) is 0 Å². The second-order valence-corrected chi connectivity index (χ2v) is 11.5. The summed E-state index contributed by atoms with van der Waals surface area (Å²) in [5.74, 6) is 0.556. The second-order valence-electron chi connectivity index (χ2n) is 11.5. The van der Waals surface area contributed by atoms with Crippen molar-refractivity contribution in [3.8, 4) is 0 Å². The molecule has 4 bridgehead atoms. The Labute approximate surface area is 195 Å². The van der Waals surface area contributed by atoms with Crippen LogP contribution in [0.3, 0.4) is 0 Å². The van der Waals surface area contributed by atoms with Gasteiger partial charge in [-0.15, -0.1) is 0 Å². The molecule has 2 aromatic rings. The zero-order chi connectivity index (χ0) is 22.7. The Bertz CT molecular complexity index is 1130. The summed E-state index contributed by atoms with van der Waals surface area (Å²) in [4.78, 5) is 32.3. The zero-order valence-corrected chi connectivity index (χ0v) is 19.6. The molecule has 3 heterocycles. The van der Waals surface area contributed by atoms with Gasteiger partial charge >= 0.3 is 5.97 Å². The van der Waals surface area contributed by atoms with Crippen LogP contribution in [0.25, 0.3) is 11.0 Å². The van der Waals surface area contributed by atoms with Crippen LogP contribution in [0.1, 0.15) is 94.1 Å². The molecular weight excluding hydrogens is 414 g/mol. The number of piperidine rings is 2. The molecule has 2 unspecified atom stereocenters. The number of benzene rings is 1. The molecule has 1 N–H and O–H groups in total. The van der Waals surface area contributed by atoms with E-state index >= 15 is 0 Å². The molecule has 2 aliphatic heterocycles. The predicted molar refractivity (Wildman–Crippen MR) is 128 cm³/mol. The number of hydrogen-bond donors (Lipinski definition) is 1. The average molecular weight is 450 g/mol. The van der Waals surface area contributed by atoms with Gasteiger partial charge in [0.25, 0.3) is 5.56 Å². The maximum atomic E-state index is 13.4. The monoisotopic (exact) mass is 449 g/mol. The number of para-hydroxylation sites is 2. The summed E-state index contributed by atoms with van der Waals surface area (Å²) in [6.45, 7) is 2.42. The van der Waals surface area contributed by atoms with Gasteiger partial charge in [0.1, 0.15) is 0 Å². The van der Waals surface area contributed by atoms with Crippen molar-refractivity contribution in [2.24, 2.45) is 11.8 Å². The Balaban J connectivity index is 1.39. The van der Waals surface area contributed by atoms with Crippen LogP contribution in [0.2, 0.25) is 0 Å². The Hall–Kier alpha value is -2.21. The fourth-order valence-corrected chi connectivity index (χ4v) is 8.29. The summed E-state index contributed by atoms with van der Waals surface area (Å²) in [5.41, 5.74) is 0.613. The minimum atomic E-state index is -1.24. The summed E-state index contributed by atoms with van der Waals surface area (Å²) in [6.07, 6.45) is 13.8. The lowest BCUT2D eigenvalue weighted by Gasteiger charge is -2.60. The van der Waals surface area contributed by atoms with E-state index in [1.165, 1.54) is 51.4 Å². The fraction of sp³-hybridized carbons (Fsp3) is 0.667. The minimum absolute atomic E-state index is 0.0122. The Morgan fingerprint density at radius 2 is 1.76 bits per heavy atom. The first-order valence-electron chi connectivity index (χ1n) is 13.0. The fourth-order valence-electron chi connectivity index (χ4n) is 8.29. The van der Waals surface area contributed by atoms with E-state index in [0.717, 1.165) is 36.6 Å². The molecule has 33 heavy (non-hydrogen) atoms. The van der Waals surface area contributed by atoms with E-state index in [9.17, 15) is 14.7 Å². The van der Waals surface area contributed by atoms with Gasteiger partial charge in [0.2, 0.25) is 5.69 Å². The third-order valence-corrected chi connectivity index (χ3v) is 9.35. The average Bonchev–Trinajstić information content (AvgIpc) is 2.77. The van der Waals surface area contributed by atoms with Crippen molar-refractivity contribution in [3.05, 3.63) is 40.3 Å². The number of rotatable bonds is 3. The third kappa shape index (κ3) is 3.52. The van der Waals surface area contributed by atoms with E-state index in [0.29, 0.717) is 17.6 Å². The van der Waals surface area contributed by atoms with Crippen molar-refractivity contribution in [1.29, 1.82) is 0 Å². The maximum Gasteiger partial charge on any atom is 0.360 e. The van der Waals surface area contributed by atoms with Crippen LogP contribution >= 0.6 is 0 Å². The highest BCUT2D eigenvalue weighted by molar-refractivity contribution is 5.88. The first-order valence-corrected chi connectivity index (χ1v) is 13.0. The maximum absolute atomic E-state index is 13.4. The number of fused-ring (bicyclic) bond motifs is 5. The van der Waals surface area contributed by atoms with E-state index < -0.39 is 11.5 Å². The van der Waals surface area contributed by atoms with Crippen molar-refractivity contribution < 1.29 is 9.90 Å². The number of nitrogens with zero attached hydrogens (tertiary/aromatic N) is 3. The van der Waals surface area contributed by atoms with E-state index in [1.54, 1.807) is 4.57 Å². The van der Waals surface area contributed by atoms with Gasteiger partial charge in [-0.3, -0.25) is 9.69 Å². The molecule has 4 aliphatic rings. The highest BCUT2D eigenvalue weighted by Gasteiger charge is 2.51. The SMILES string of the molecule is C[C@]12CCC[C@H](C[C@H](n3c(=O)c(C(=O)O)nc4ccccc43)C1)N2C1CC2CCCC(C2)C1. The largest absolute Gasteiger partial charge is 0.476 e. The van der Waals surface area contributed by atoms with Crippen molar-refractivity contribution in [3.63, 3.8) is 0 Å². The molecule has 1 aromatic heterocycles. The molecule has 2 aliphatic carbocycles. The van der Waals surface area contributed by atoms with Gasteiger partial charge in [0.05, 0.1) is 11.0 Å². The van der Waals surface area contributed by atoms with Gasteiger partial charge in [-0.25, -0.2) is 9.78 Å². The summed E-state index contributed by atoms with van der Waals surface area (Å²) in [5, 5.41) is 9.67. The Morgan fingerprint density at radius 1 is 1.00 bits per heavy atom. The Morgan fingerprint density at radius 3 is 2.48 bits per heavy atom. The molecule has 0 amide bonds. The van der Waals surface area contributed by atoms with Crippen LogP contribution in [0.15, 0.2) is 29.1 Å². The number of carboxylic acids is 1. The number of carboxylic acid groups (broad SMARTS) is 1. The topological polar surface area (TPSA) is 75.4 Å². The molecule has 6 rings (SSSR count). The molecule has 176 valence electrons. The van der Waals surface area contributed by atoms with Crippen molar-refractivity contribution >= 4 is 17.0 Å². The van der Waals surface area contributed by atoms with Crippen LogP contribution in [0.4, 0.5) is 0 Å². The molecule has 2 saturated carbocycles. The molecule has 6 heteroatoms.